The number of methoxy groups -OCH3 is 2. The Morgan fingerprint density at radius 2 is 2.05 bits per heavy atom. The summed E-state index contributed by atoms with van der Waals surface area (Å²) in [6.45, 7) is 0.413. The van der Waals surface area contributed by atoms with Crippen molar-refractivity contribution in [2.45, 2.75) is 6.54 Å². The van der Waals surface area contributed by atoms with Crippen molar-refractivity contribution in [1.82, 2.24) is 9.55 Å². The van der Waals surface area contributed by atoms with Gasteiger partial charge < -0.3 is 19.8 Å². The Kier molecular flexibility index (Phi) is 4.11. The van der Waals surface area contributed by atoms with Crippen LogP contribution in [-0.4, -0.2) is 23.8 Å². The normalized spacial score (nSPS) is 10.6. The van der Waals surface area contributed by atoms with Crippen LogP contribution in [0.4, 0.5) is 0 Å². The lowest BCUT2D eigenvalue weighted by Crippen LogP contribution is -2.05. The van der Waals surface area contributed by atoms with Gasteiger partial charge in [0.25, 0.3) is 0 Å². The highest BCUT2D eigenvalue weighted by Crippen LogP contribution is 2.34. The van der Waals surface area contributed by atoms with E-state index in [2.05, 4.69) is 20.9 Å². The molecule has 2 aromatic rings. The van der Waals surface area contributed by atoms with Crippen LogP contribution in [0.15, 0.2) is 22.8 Å². The molecule has 0 saturated carbocycles. The zero-order chi connectivity index (χ0) is 14.0. The van der Waals surface area contributed by atoms with Gasteiger partial charge in [-0.2, -0.15) is 0 Å². The Balaban J connectivity index is 2.63. The highest BCUT2D eigenvalue weighted by atomic mass is 79.9. The topological polar surface area (TPSA) is 62.3 Å². The maximum absolute atomic E-state index is 5.72. The summed E-state index contributed by atoms with van der Waals surface area (Å²) in [6, 6.07) is 5.61. The molecule has 0 aliphatic carbocycles. The first kappa shape index (κ1) is 13.9. The average Bonchev–Trinajstić information content (AvgIpc) is 2.72. The van der Waals surface area contributed by atoms with E-state index in [1.54, 1.807) is 14.2 Å². The fourth-order valence-electron chi connectivity index (χ4n) is 1.95. The molecule has 1 aromatic heterocycles. The Hall–Kier alpha value is -1.53. The number of hydrogen-bond donors (Lipinski definition) is 1. The number of imidazole rings is 1. The molecule has 6 heteroatoms. The molecule has 0 atom stereocenters. The summed E-state index contributed by atoms with van der Waals surface area (Å²) < 4.78 is 13.3. The third kappa shape index (κ3) is 2.46. The van der Waals surface area contributed by atoms with Gasteiger partial charge in [-0.15, -0.1) is 0 Å². The summed E-state index contributed by atoms with van der Waals surface area (Å²) in [5.41, 5.74) is 7.52. The van der Waals surface area contributed by atoms with Crippen LogP contribution in [0.2, 0.25) is 0 Å². The maximum Gasteiger partial charge on any atom is 0.145 e. The number of ether oxygens (including phenoxy) is 2. The Bertz CT molecular complexity index is 596. The number of nitrogens with two attached hydrogens (primary N) is 1. The second-order valence-electron chi connectivity index (χ2n) is 4.00. The molecule has 2 rings (SSSR count). The summed E-state index contributed by atoms with van der Waals surface area (Å²) in [5, 5.41) is 0. The van der Waals surface area contributed by atoms with Gasteiger partial charge in [0.05, 0.1) is 25.5 Å². The minimum absolute atomic E-state index is 0.413. The summed E-state index contributed by atoms with van der Waals surface area (Å²) in [5.74, 6) is 2.28. The van der Waals surface area contributed by atoms with Crippen LogP contribution in [-0.2, 0) is 13.6 Å². The van der Waals surface area contributed by atoms with E-state index in [1.807, 2.05) is 29.8 Å². The zero-order valence-corrected chi connectivity index (χ0v) is 12.7. The van der Waals surface area contributed by atoms with E-state index in [0.717, 1.165) is 33.2 Å². The minimum Gasteiger partial charge on any atom is -0.497 e. The first-order chi connectivity index (χ1) is 9.12. The summed E-state index contributed by atoms with van der Waals surface area (Å²) in [4.78, 5) is 4.50. The van der Waals surface area contributed by atoms with Crippen molar-refractivity contribution in [2.75, 3.05) is 14.2 Å². The second kappa shape index (κ2) is 5.63. The van der Waals surface area contributed by atoms with Crippen molar-refractivity contribution in [3.63, 3.8) is 0 Å². The lowest BCUT2D eigenvalue weighted by atomic mass is 10.1. The Morgan fingerprint density at radius 3 is 2.58 bits per heavy atom. The Morgan fingerprint density at radius 1 is 1.32 bits per heavy atom. The molecule has 0 saturated heterocycles. The van der Waals surface area contributed by atoms with Crippen LogP contribution in [0.3, 0.4) is 0 Å². The van der Waals surface area contributed by atoms with Gasteiger partial charge in [-0.3, -0.25) is 0 Å². The van der Waals surface area contributed by atoms with E-state index in [1.165, 1.54) is 0 Å². The van der Waals surface area contributed by atoms with E-state index in [0.29, 0.717) is 6.54 Å². The largest absolute Gasteiger partial charge is 0.497 e. The van der Waals surface area contributed by atoms with Crippen LogP contribution in [0, 0.1) is 0 Å². The SMILES string of the molecule is COc1ccc(OC)c(-c2nc(Br)c(CN)n2C)c1. The van der Waals surface area contributed by atoms with Crippen LogP contribution >= 0.6 is 15.9 Å². The van der Waals surface area contributed by atoms with Crippen molar-refractivity contribution in [3.05, 3.63) is 28.5 Å². The second-order valence-corrected chi connectivity index (χ2v) is 4.75. The summed E-state index contributed by atoms with van der Waals surface area (Å²) in [6.07, 6.45) is 0. The molecule has 0 unspecified atom stereocenters. The lowest BCUT2D eigenvalue weighted by molar-refractivity contribution is 0.404. The third-order valence-electron chi connectivity index (χ3n) is 3.01. The van der Waals surface area contributed by atoms with E-state index < -0.39 is 0 Å². The molecule has 0 spiro atoms. The lowest BCUT2D eigenvalue weighted by Gasteiger charge is -2.11. The van der Waals surface area contributed by atoms with Crippen LogP contribution in [0.25, 0.3) is 11.4 Å². The maximum atomic E-state index is 5.72. The van der Waals surface area contributed by atoms with Gasteiger partial charge in [-0.25, -0.2) is 4.98 Å². The van der Waals surface area contributed by atoms with Crippen LogP contribution in [0.1, 0.15) is 5.69 Å². The van der Waals surface area contributed by atoms with E-state index in [4.69, 9.17) is 15.2 Å². The molecular formula is C13H16BrN3O2. The Labute approximate surface area is 120 Å². The zero-order valence-electron chi connectivity index (χ0n) is 11.1. The molecule has 0 aliphatic rings. The smallest absolute Gasteiger partial charge is 0.145 e. The van der Waals surface area contributed by atoms with Crippen molar-refractivity contribution < 1.29 is 9.47 Å². The van der Waals surface area contributed by atoms with Crippen LogP contribution < -0.4 is 15.2 Å². The molecule has 19 heavy (non-hydrogen) atoms. The molecule has 102 valence electrons. The predicted octanol–water partition coefficient (Wildman–Crippen LogP) is 2.33. The first-order valence-corrected chi connectivity index (χ1v) is 6.55. The molecule has 0 amide bonds. The summed E-state index contributed by atoms with van der Waals surface area (Å²) in [7, 11) is 5.19. The number of halogens is 1. The van der Waals surface area contributed by atoms with E-state index in [-0.39, 0.29) is 0 Å². The van der Waals surface area contributed by atoms with Crippen LogP contribution in [0.5, 0.6) is 11.5 Å². The van der Waals surface area contributed by atoms with Gasteiger partial charge in [0, 0.05) is 13.6 Å². The van der Waals surface area contributed by atoms with Crippen molar-refractivity contribution in [3.8, 4) is 22.9 Å². The third-order valence-corrected chi connectivity index (χ3v) is 3.64. The molecule has 1 aromatic carbocycles. The van der Waals surface area contributed by atoms with Gasteiger partial charge in [-0.1, -0.05) is 0 Å². The number of aromatic nitrogens is 2. The molecule has 0 aliphatic heterocycles. The van der Waals surface area contributed by atoms with Gasteiger partial charge in [0.1, 0.15) is 21.9 Å². The first-order valence-electron chi connectivity index (χ1n) is 5.76. The standard InChI is InChI=1S/C13H16BrN3O2/c1-17-10(7-15)12(14)16-13(17)9-6-8(18-2)4-5-11(9)19-3/h4-6H,7,15H2,1-3H3. The number of benzene rings is 1. The van der Waals surface area contributed by atoms with Gasteiger partial charge in [0.2, 0.25) is 0 Å². The van der Waals surface area contributed by atoms with Crippen molar-refractivity contribution in [2.24, 2.45) is 12.8 Å². The number of rotatable bonds is 4. The van der Waals surface area contributed by atoms with Crippen molar-refractivity contribution >= 4 is 15.9 Å². The molecule has 5 nitrogen and oxygen atoms in total. The molecule has 0 bridgehead atoms. The van der Waals surface area contributed by atoms with Crippen molar-refractivity contribution in [1.29, 1.82) is 0 Å². The van der Waals surface area contributed by atoms with Gasteiger partial charge in [0.15, 0.2) is 0 Å². The number of hydrogen-bond acceptors (Lipinski definition) is 4. The van der Waals surface area contributed by atoms with Gasteiger partial charge in [-0.05, 0) is 34.1 Å². The fraction of sp³-hybridized carbons (Fsp3) is 0.308. The molecular weight excluding hydrogens is 310 g/mol. The van der Waals surface area contributed by atoms with E-state index >= 15 is 0 Å². The highest BCUT2D eigenvalue weighted by Gasteiger charge is 2.17. The van der Waals surface area contributed by atoms with E-state index in [9.17, 15) is 0 Å². The molecule has 2 N–H and O–H groups in total. The molecule has 0 fully saturated rings. The monoisotopic (exact) mass is 325 g/mol. The summed E-state index contributed by atoms with van der Waals surface area (Å²) >= 11 is 3.42. The number of nitrogens with zero attached hydrogens (tertiary/aromatic N) is 2. The highest BCUT2D eigenvalue weighted by molar-refractivity contribution is 9.10. The van der Waals surface area contributed by atoms with Gasteiger partial charge >= 0.3 is 0 Å². The average molecular weight is 326 g/mol. The molecule has 1 heterocycles. The molecule has 0 radical (unpaired) electrons. The predicted molar refractivity (Wildman–Crippen MR) is 77.3 cm³/mol. The quantitative estimate of drug-likeness (QED) is 0.937. The fourth-order valence-corrected chi connectivity index (χ4v) is 2.55. The minimum atomic E-state index is 0.413.